The molecule has 1 heterocycles. The van der Waals surface area contributed by atoms with Gasteiger partial charge in [-0.15, -0.1) is 10.2 Å². The molecular weight excluding hydrogens is 384 g/mol. The van der Waals surface area contributed by atoms with E-state index in [-0.39, 0.29) is 11.7 Å². The monoisotopic (exact) mass is 410 g/mol. The van der Waals surface area contributed by atoms with Crippen molar-refractivity contribution < 1.29 is 9.53 Å². The summed E-state index contributed by atoms with van der Waals surface area (Å²) >= 11 is 1.35. The van der Waals surface area contributed by atoms with Crippen LogP contribution < -0.4 is 10.1 Å². The Morgan fingerprint density at radius 3 is 2.62 bits per heavy atom. The van der Waals surface area contributed by atoms with Crippen LogP contribution in [0.15, 0.2) is 41.6 Å². The molecule has 3 aromatic rings. The highest BCUT2D eigenvalue weighted by atomic mass is 32.2. The van der Waals surface area contributed by atoms with Crippen molar-refractivity contribution in [3.8, 4) is 5.75 Å². The fourth-order valence-electron chi connectivity index (χ4n) is 2.75. The third-order valence-electron chi connectivity index (χ3n) is 4.98. The number of amides is 1. The molecule has 0 aliphatic heterocycles. The maximum Gasteiger partial charge on any atom is 0.234 e. The molecule has 6 nitrogen and oxygen atoms in total. The van der Waals surface area contributed by atoms with Crippen LogP contribution in [0.4, 0.5) is 5.69 Å². The fraction of sp³-hybridized carbons (Fsp3) is 0.318. The Morgan fingerprint density at radius 1 is 1.07 bits per heavy atom. The smallest absolute Gasteiger partial charge is 0.234 e. The highest BCUT2D eigenvalue weighted by Gasteiger charge is 2.13. The number of hydrogen-bond acceptors (Lipinski definition) is 5. The van der Waals surface area contributed by atoms with Crippen LogP contribution >= 0.6 is 11.8 Å². The van der Waals surface area contributed by atoms with E-state index in [0.717, 1.165) is 22.6 Å². The molecule has 0 aliphatic rings. The van der Waals surface area contributed by atoms with E-state index in [1.807, 2.05) is 61.9 Å². The molecule has 2 aromatic carbocycles. The molecule has 0 saturated heterocycles. The fourth-order valence-corrected chi connectivity index (χ4v) is 3.48. The Bertz CT molecular complexity index is 1030. The van der Waals surface area contributed by atoms with E-state index in [1.165, 1.54) is 22.9 Å². The Morgan fingerprint density at radius 2 is 1.86 bits per heavy atom. The molecule has 3 rings (SSSR count). The number of carbonyl (C=O) groups excluding carboxylic acids is 1. The van der Waals surface area contributed by atoms with Gasteiger partial charge < -0.3 is 14.6 Å². The Balaban J connectivity index is 1.55. The van der Waals surface area contributed by atoms with Gasteiger partial charge in [-0.1, -0.05) is 30.0 Å². The summed E-state index contributed by atoms with van der Waals surface area (Å²) < 4.78 is 7.70. The van der Waals surface area contributed by atoms with Crippen LogP contribution in [0.3, 0.4) is 0 Å². The molecule has 1 N–H and O–H groups in total. The number of benzene rings is 2. The van der Waals surface area contributed by atoms with Gasteiger partial charge in [-0.05, 0) is 68.1 Å². The van der Waals surface area contributed by atoms with Crippen LogP contribution in [0.25, 0.3) is 0 Å². The Labute approximate surface area is 175 Å². The van der Waals surface area contributed by atoms with E-state index in [2.05, 4.69) is 29.4 Å². The molecule has 0 bridgehead atoms. The minimum Gasteiger partial charge on any atom is -0.486 e. The summed E-state index contributed by atoms with van der Waals surface area (Å²) in [6.45, 7) is 8.48. The van der Waals surface area contributed by atoms with Crippen molar-refractivity contribution in [2.75, 3.05) is 11.1 Å². The number of rotatable bonds is 7. The van der Waals surface area contributed by atoms with Gasteiger partial charge in [0.1, 0.15) is 12.4 Å². The lowest BCUT2D eigenvalue weighted by molar-refractivity contribution is -0.113. The molecule has 29 heavy (non-hydrogen) atoms. The number of nitrogens with one attached hydrogen (secondary N) is 1. The standard InChI is InChI=1S/C22H26N4O2S/c1-14-9-10-18(11-16(14)3)28-12-20-24-25-22(26(20)5)29-13-21(27)23-19-8-6-7-15(2)17(19)4/h6-11H,12-13H2,1-5H3,(H,23,27). The highest BCUT2D eigenvalue weighted by molar-refractivity contribution is 7.99. The van der Waals surface area contributed by atoms with Crippen LogP contribution in [-0.2, 0) is 18.4 Å². The zero-order valence-electron chi connectivity index (χ0n) is 17.4. The maximum atomic E-state index is 12.3. The Hall–Kier alpha value is -2.80. The van der Waals surface area contributed by atoms with Gasteiger partial charge >= 0.3 is 0 Å². The van der Waals surface area contributed by atoms with Crippen molar-refractivity contribution in [2.45, 2.75) is 39.5 Å². The number of aromatic nitrogens is 3. The zero-order chi connectivity index (χ0) is 21.0. The lowest BCUT2D eigenvalue weighted by Gasteiger charge is -2.10. The average molecular weight is 411 g/mol. The van der Waals surface area contributed by atoms with Gasteiger partial charge in [-0.25, -0.2) is 0 Å². The molecule has 152 valence electrons. The number of aryl methyl sites for hydroxylation is 3. The lowest BCUT2D eigenvalue weighted by atomic mass is 10.1. The molecule has 0 fully saturated rings. The predicted molar refractivity (Wildman–Crippen MR) is 117 cm³/mol. The van der Waals surface area contributed by atoms with Gasteiger partial charge in [0, 0.05) is 12.7 Å². The number of ether oxygens (including phenoxy) is 1. The van der Waals surface area contributed by atoms with E-state index in [0.29, 0.717) is 17.6 Å². The van der Waals surface area contributed by atoms with Gasteiger partial charge in [0.05, 0.1) is 5.75 Å². The summed E-state index contributed by atoms with van der Waals surface area (Å²) in [5, 5.41) is 12.0. The second-order valence-corrected chi connectivity index (χ2v) is 8.02. The molecule has 7 heteroatoms. The quantitative estimate of drug-likeness (QED) is 0.586. The van der Waals surface area contributed by atoms with Crippen molar-refractivity contribution in [3.05, 3.63) is 64.5 Å². The SMILES string of the molecule is Cc1ccc(OCc2nnc(SCC(=O)Nc3cccc(C)c3C)n2C)cc1C. The first-order valence-electron chi connectivity index (χ1n) is 9.42. The second kappa shape index (κ2) is 9.13. The third kappa shape index (κ3) is 5.17. The molecule has 0 radical (unpaired) electrons. The Kier molecular flexibility index (Phi) is 6.59. The van der Waals surface area contributed by atoms with Crippen LogP contribution in [-0.4, -0.2) is 26.4 Å². The molecule has 1 amide bonds. The molecular formula is C22H26N4O2S. The van der Waals surface area contributed by atoms with Gasteiger partial charge in [0.2, 0.25) is 5.91 Å². The van der Waals surface area contributed by atoms with Crippen molar-refractivity contribution in [3.63, 3.8) is 0 Å². The maximum absolute atomic E-state index is 12.3. The predicted octanol–water partition coefficient (Wildman–Crippen LogP) is 4.36. The number of carbonyl (C=O) groups is 1. The van der Waals surface area contributed by atoms with Gasteiger partial charge in [0.25, 0.3) is 0 Å². The first-order chi connectivity index (χ1) is 13.8. The number of hydrogen-bond donors (Lipinski definition) is 1. The average Bonchev–Trinajstić information content (AvgIpc) is 3.04. The summed E-state index contributed by atoms with van der Waals surface area (Å²) in [7, 11) is 1.88. The van der Waals surface area contributed by atoms with Crippen molar-refractivity contribution in [1.82, 2.24) is 14.8 Å². The van der Waals surface area contributed by atoms with Gasteiger partial charge in [0.15, 0.2) is 11.0 Å². The highest BCUT2D eigenvalue weighted by Crippen LogP contribution is 2.21. The number of anilines is 1. The summed E-state index contributed by atoms with van der Waals surface area (Å²) in [5.74, 6) is 1.70. The van der Waals surface area contributed by atoms with Crippen molar-refractivity contribution in [1.29, 1.82) is 0 Å². The van der Waals surface area contributed by atoms with Crippen molar-refractivity contribution in [2.24, 2.45) is 7.05 Å². The van der Waals surface area contributed by atoms with E-state index >= 15 is 0 Å². The number of thioether (sulfide) groups is 1. The first kappa shape index (κ1) is 20.9. The van der Waals surface area contributed by atoms with Crippen molar-refractivity contribution >= 4 is 23.4 Å². The summed E-state index contributed by atoms with van der Waals surface area (Å²) in [4.78, 5) is 12.3. The van der Waals surface area contributed by atoms with E-state index in [4.69, 9.17) is 4.74 Å². The third-order valence-corrected chi connectivity index (χ3v) is 6.00. The topological polar surface area (TPSA) is 69.0 Å². The summed E-state index contributed by atoms with van der Waals surface area (Å²) in [6.07, 6.45) is 0. The summed E-state index contributed by atoms with van der Waals surface area (Å²) in [5.41, 5.74) is 5.49. The zero-order valence-corrected chi connectivity index (χ0v) is 18.3. The van der Waals surface area contributed by atoms with Crippen LogP contribution in [0, 0.1) is 27.7 Å². The lowest BCUT2D eigenvalue weighted by Crippen LogP contribution is -2.15. The normalized spacial score (nSPS) is 10.8. The van der Waals surface area contributed by atoms with Gasteiger partial charge in [-0.2, -0.15) is 0 Å². The summed E-state index contributed by atoms with van der Waals surface area (Å²) in [6, 6.07) is 11.9. The molecule has 0 aliphatic carbocycles. The van der Waals surface area contributed by atoms with Crippen LogP contribution in [0.1, 0.15) is 28.1 Å². The molecule has 0 saturated carbocycles. The van der Waals surface area contributed by atoms with Crippen LogP contribution in [0.2, 0.25) is 0 Å². The molecule has 0 spiro atoms. The van der Waals surface area contributed by atoms with Crippen LogP contribution in [0.5, 0.6) is 5.75 Å². The minimum absolute atomic E-state index is 0.0698. The largest absolute Gasteiger partial charge is 0.486 e. The molecule has 0 atom stereocenters. The van der Waals surface area contributed by atoms with Gasteiger partial charge in [-0.3, -0.25) is 4.79 Å². The van der Waals surface area contributed by atoms with E-state index < -0.39 is 0 Å². The second-order valence-electron chi connectivity index (χ2n) is 7.08. The molecule has 1 aromatic heterocycles. The van der Waals surface area contributed by atoms with E-state index in [1.54, 1.807) is 0 Å². The number of nitrogens with zero attached hydrogens (tertiary/aromatic N) is 3. The first-order valence-corrected chi connectivity index (χ1v) is 10.4. The minimum atomic E-state index is -0.0698. The van der Waals surface area contributed by atoms with E-state index in [9.17, 15) is 4.79 Å². The molecule has 0 unspecified atom stereocenters.